The molecule has 4 heteroatoms. The molecule has 3 aromatic rings. The van der Waals surface area contributed by atoms with E-state index >= 15 is 0 Å². The fraction of sp³-hybridized carbons (Fsp3) is 0.500. The summed E-state index contributed by atoms with van der Waals surface area (Å²) in [6, 6.07) is 8.43. The molecule has 0 fully saturated rings. The van der Waals surface area contributed by atoms with Gasteiger partial charge in [0.1, 0.15) is 5.75 Å². The molecule has 0 spiro atoms. The van der Waals surface area contributed by atoms with E-state index in [0.717, 1.165) is 30.2 Å². The number of ether oxygens (including phenoxy) is 1. The van der Waals surface area contributed by atoms with Gasteiger partial charge in [-0.05, 0) is 55.5 Å². The number of aromatic nitrogens is 2. The quantitative estimate of drug-likeness (QED) is 0.193. The second-order valence-electron chi connectivity index (χ2n) is 7.96. The van der Waals surface area contributed by atoms with Crippen molar-refractivity contribution in [2.75, 3.05) is 6.61 Å². The van der Waals surface area contributed by atoms with Crippen LogP contribution < -0.4 is 4.74 Å². The zero-order chi connectivity index (χ0) is 21.0. The van der Waals surface area contributed by atoms with Gasteiger partial charge >= 0.3 is 0 Å². The molecular weight excluding hydrogens is 388 g/mol. The zero-order valence-corrected chi connectivity index (χ0v) is 19.4. The van der Waals surface area contributed by atoms with Crippen molar-refractivity contribution in [1.82, 2.24) is 9.38 Å². The van der Waals surface area contributed by atoms with Gasteiger partial charge in [-0.25, -0.2) is 4.98 Å². The average molecular weight is 425 g/mol. The molecule has 30 heavy (non-hydrogen) atoms. The van der Waals surface area contributed by atoms with Gasteiger partial charge in [0, 0.05) is 12.4 Å². The number of fused-ring (bicyclic) bond motifs is 1. The van der Waals surface area contributed by atoms with Gasteiger partial charge in [0.05, 0.1) is 17.2 Å². The molecule has 3 nitrogen and oxygen atoms in total. The van der Waals surface area contributed by atoms with E-state index in [4.69, 9.17) is 9.72 Å². The Kier molecular flexibility index (Phi) is 9.49. The van der Waals surface area contributed by atoms with Crippen LogP contribution in [0.15, 0.2) is 48.8 Å². The molecule has 0 radical (unpaired) electrons. The summed E-state index contributed by atoms with van der Waals surface area (Å²) < 4.78 is 8.04. The highest BCUT2D eigenvalue weighted by molar-refractivity contribution is 7.20. The van der Waals surface area contributed by atoms with Crippen molar-refractivity contribution in [2.45, 2.75) is 78.1 Å². The summed E-state index contributed by atoms with van der Waals surface area (Å²) >= 11 is 1.76. The van der Waals surface area contributed by atoms with Crippen LogP contribution in [0.3, 0.4) is 0 Å². The fourth-order valence-electron chi connectivity index (χ4n) is 3.53. The Morgan fingerprint density at radius 1 is 0.900 bits per heavy atom. The lowest BCUT2D eigenvalue weighted by Gasteiger charge is -2.05. The maximum absolute atomic E-state index is 5.86. The summed E-state index contributed by atoms with van der Waals surface area (Å²) in [5, 5.41) is 0. The zero-order valence-electron chi connectivity index (χ0n) is 18.6. The van der Waals surface area contributed by atoms with E-state index in [1.54, 1.807) is 11.3 Å². The van der Waals surface area contributed by atoms with Crippen molar-refractivity contribution in [1.29, 1.82) is 0 Å². The molecule has 0 saturated heterocycles. The normalized spacial score (nSPS) is 11.7. The monoisotopic (exact) mass is 424 g/mol. The lowest BCUT2D eigenvalue weighted by Crippen LogP contribution is -1.95. The molecular formula is C26H36N2OS. The van der Waals surface area contributed by atoms with Crippen LogP contribution in [-0.4, -0.2) is 16.0 Å². The van der Waals surface area contributed by atoms with E-state index in [1.165, 1.54) is 67.5 Å². The van der Waals surface area contributed by atoms with Crippen molar-refractivity contribution < 1.29 is 4.74 Å². The van der Waals surface area contributed by atoms with Gasteiger partial charge in [0.2, 0.25) is 0 Å². The minimum Gasteiger partial charge on any atom is -0.493 e. The lowest BCUT2D eigenvalue weighted by atomic mass is 10.1. The number of hydrogen-bond acceptors (Lipinski definition) is 3. The third-order valence-corrected chi connectivity index (χ3v) is 6.37. The lowest BCUT2D eigenvalue weighted by molar-refractivity contribution is 0.325. The summed E-state index contributed by atoms with van der Waals surface area (Å²) in [5.41, 5.74) is 2.44. The Morgan fingerprint density at radius 2 is 1.67 bits per heavy atom. The first-order valence-corrected chi connectivity index (χ1v) is 12.5. The Hall–Kier alpha value is -2.07. The molecule has 0 aliphatic carbocycles. The van der Waals surface area contributed by atoms with Gasteiger partial charge in [-0.3, -0.25) is 4.40 Å². The minimum atomic E-state index is 0.732. The van der Waals surface area contributed by atoms with Crippen LogP contribution >= 0.6 is 11.3 Å². The van der Waals surface area contributed by atoms with E-state index in [-0.39, 0.29) is 0 Å². The molecule has 0 unspecified atom stereocenters. The van der Waals surface area contributed by atoms with E-state index in [9.17, 15) is 0 Å². The van der Waals surface area contributed by atoms with Gasteiger partial charge in [-0.15, -0.1) is 0 Å². The smallest absolute Gasteiger partial charge is 0.194 e. The van der Waals surface area contributed by atoms with Crippen LogP contribution in [-0.2, 0) is 6.42 Å². The molecule has 3 rings (SSSR count). The number of nitrogens with zero attached hydrogens (tertiary/aromatic N) is 2. The van der Waals surface area contributed by atoms with Gasteiger partial charge in [0.15, 0.2) is 4.96 Å². The first-order chi connectivity index (χ1) is 14.8. The first kappa shape index (κ1) is 22.6. The third-order valence-electron chi connectivity index (χ3n) is 5.33. The number of thiazole rings is 1. The van der Waals surface area contributed by atoms with Crippen LogP contribution in [0, 0.1) is 0 Å². The second-order valence-corrected chi connectivity index (χ2v) is 8.97. The van der Waals surface area contributed by atoms with Crippen LogP contribution in [0.2, 0.25) is 0 Å². The van der Waals surface area contributed by atoms with Crippen molar-refractivity contribution in [3.63, 3.8) is 0 Å². The molecule has 0 saturated carbocycles. The number of rotatable bonds is 14. The highest BCUT2D eigenvalue weighted by Gasteiger charge is 2.08. The molecule has 0 N–H and O–H groups in total. The molecule has 2 aromatic heterocycles. The minimum absolute atomic E-state index is 0.732. The molecule has 162 valence electrons. The molecule has 2 heterocycles. The number of allylic oxidation sites excluding steroid dienone is 1. The Labute approximate surface area is 185 Å². The van der Waals surface area contributed by atoms with Crippen LogP contribution in [0.1, 0.15) is 77.3 Å². The summed E-state index contributed by atoms with van der Waals surface area (Å²) in [5.74, 6) is 0.937. The highest BCUT2D eigenvalue weighted by Crippen LogP contribution is 2.30. The van der Waals surface area contributed by atoms with Crippen LogP contribution in [0.25, 0.3) is 15.4 Å². The predicted octanol–water partition coefficient (Wildman–Crippen LogP) is 8.09. The summed E-state index contributed by atoms with van der Waals surface area (Å²) in [6.45, 7) is 5.22. The van der Waals surface area contributed by atoms with Gasteiger partial charge < -0.3 is 4.74 Å². The number of imidazole rings is 1. The van der Waals surface area contributed by atoms with Gasteiger partial charge in [0.25, 0.3) is 0 Å². The highest BCUT2D eigenvalue weighted by atomic mass is 32.1. The van der Waals surface area contributed by atoms with Crippen molar-refractivity contribution in [2.24, 2.45) is 0 Å². The topological polar surface area (TPSA) is 26.5 Å². The van der Waals surface area contributed by atoms with Gasteiger partial charge in [-0.2, -0.15) is 0 Å². The molecule has 0 amide bonds. The van der Waals surface area contributed by atoms with E-state index in [2.05, 4.69) is 67.1 Å². The van der Waals surface area contributed by atoms with Crippen molar-refractivity contribution in [3.05, 3.63) is 54.5 Å². The fourth-order valence-corrected chi connectivity index (χ4v) is 4.52. The molecule has 0 atom stereocenters. The summed E-state index contributed by atoms with van der Waals surface area (Å²) in [6.07, 6.45) is 21.2. The van der Waals surface area contributed by atoms with E-state index < -0.39 is 0 Å². The first-order valence-electron chi connectivity index (χ1n) is 11.7. The maximum Gasteiger partial charge on any atom is 0.194 e. The standard InChI is InChI=1S/C26H36N2OS/c1-3-5-7-9-11-13-19-29-24-17-15-22(16-18-24)25-21-28-20-23(27-26(28)30-25)14-12-10-8-6-4-2/h9,11,15-18,20-21H,3-8,10,12-14,19H2,1-2H3/b11-9-. The summed E-state index contributed by atoms with van der Waals surface area (Å²) in [7, 11) is 0. The Bertz CT molecular complexity index is 860. The predicted molar refractivity (Wildman–Crippen MR) is 130 cm³/mol. The molecule has 1 aromatic carbocycles. The second kappa shape index (κ2) is 12.6. The number of hydrogen-bond donors (Lipinski definition) is 0. The molecule has 0 aliphatic heterocycles. The van der Waals surface area contributed by atoms with E-state index in [0.29, 0.717) is 0 Å². The average Bonchev–Trinajstić information content (AvgIpc) is 3.32. The number of unbranched alkanes of at least 4 members (excludes halogenated alkanes) is 6. The Balaban J connectivity index is 1.47. The van der Waals surface area contributed by atoms with Crippen molar-refractivity contribution >= 4 is 16.3 Å². The van der Waals surface area contributed by atoms with Gasteiger partial charge in [-0.1, -0.05) is 75.9 Å². The van der Waals surface area contributed by atoms with Crippen LogP contribution in [0.4, 0.5) is 0 Å². The largest absolute Gasteiger partial charge is 0.493 e. The SMILES string of the molecule is CCCC/C=C\CCOc1ccc(-c2cn3cc(CCCCCCC)nc3s2)cc1. The van der Waals surface area contributed by atoms with Crippen molar-refractivity contribution in [3.8, 4) is 16.2 Å². The molecule has 0 aliphatic rings. The molecule has 0 bridgehead atoms. The Morgan fingerprint density at radius 3 is 2.43 bits per heavy atom. The summed E-state index contributed by atoms with van der Waals surface area (Å²) in [4.78, 5) is 7.16. The maximum atomic E-state index is 5.86. The third kappa shape index (κ3) is 7.02. The number of benzene rings is 1. The van der Waals surface area contributed by atoms with E-state index in [1.807, 2.05) is 0 Å². The number of aryl methyl sites for hydroxylation is 1. The van der Waals surface area contributed by atoms with Crippen LogP contribution in [0.5, 0.6) is 5.75 Å².